The molecule has 0 aliphatic rings. The van der Waals surface area contributed by atoms with Crippen molar-refractivity contribution in [2.75, 3.05) is 4.72 Å². The number of thiophene rings is 1. The molecule has 0 saturated heterocycles. The van der Waals surface area contributed by atoms with Gasteiger partial charge in [-0.2, -0.15) is 0 Å². The maximum atomic E-state index is 11.9. The third-order valence-corrected chi connectivity index (χ3v) is 4.93. The molecule has 2 heterocycles. The van der Waals surface area contributed by atoms with Gasteiger partial charge in [-0.3, -0.25) is 9.71 Å². The molecule has 2 aromatic heterocycles. The van der Waals surface area contributed by atoms with E-state index < -0.39 is 10.0 Å². The standard InChI is InChI=1S/C10H10N2O3S2/c13-7-9-1-2-10(16-9)17(14,15)12-8-3-5-11-6-4-8/h1-6,13H,7H2,(H,11,12). The summed E-state index contributed by atoms with van der Waals surface area (Å²) in [7, 11) is -3.57. The molecule has 0 aromatic carbocycles. The molecule has 0 radical (unpaired) electrons. The fourth-order valence-electron chi connectivity index (χ4n) is 1.21. The summed E-state index contributed by atoms with van der Waals surface area (Å²) < 4.78 is 26.5. The molecule has 7 heteroatoms. The van der Waals surface area contributed by atoms with E-state index in [0.29, 0.717) is 10.6 Å². The first kappa shape index (κ1) is 12.0. The van der Waals surface area contributed by atoms with Crippen LogP contribution in [0.15, 0.2) is 40.9 Å². The number of hydrogen-bond donors (Lipinski definition) is 2. The number of anilines is 1. The Labute approximate surface area is 103 Å². The highest BCUT2D eigenvalue weighted by Crippen LogP contribution is 2.23. The second-order valence-corrected chi connectivity index (χ2v) is 6.30. The molecule has 2 aromatic rings. The zero-order valence-corrected chi connectivity index (χ0v) is 10.3. The van der Waals surface area contributed by atoms with Gasteiger partial charge in [0, 0.05) is 17.3 Å². The van der Waals surface area contributed by atoms with Crippen LogP contribution < -0.4 is 4.72 Å². The summed E-state index contributed by atoms with van der Waals surface area (Å²) >= 11 is 1.04. The van der Waals surface area contributed by atoms with Crippen molar-refractivity contribution >= 4 is 27.0 Å². The minimum absolute atomic E-state index is 0.157. The van der Waals surface area contributed by atoms with E-state index in [0.717, 1.165) is 11.3 Å². The first-order valence-electron chi connectivity index (χ1n) is 4.74. The van der Waals surface area contributed by atoms with Gasteiger partial charge in [-0.1, -0.05) is 0 Å². The Balaban J connectivity index is 2.25. The molecule has 0 unspecified atom stereocenters. The average Bonchev–Trinajstić information content (AvgIpc) is 2.79. The SMILES string of the molecule is O=S(=O)(Nc1ccncc1)c1ccc(CO)s1. The fourth-order valence-corrected chi connectivity index (χ4v) is 3.49. The van der Waals surface area contributed by atoms with Gasteiger partial charge in [0.25, 0.3) is 10.0 Å². The van der Waals surface area contributed by atoms with Crippen molar-refractivity contribution in [3.05, 3.63) is 41.5 Å². The van der Waals surface area contributed by atoms with E-state index in [1.54, 1.807) is 18.2 Å². The van der Waals surface area contributed by atoms with Crippen LogP contribution in [0.25, 0.3) is 0 Å². The third kappa shape index (κ3) is 2.82. The lowest BCUT2D eigenvalue weighted by Crippen LogP contribution is -2.11. The van der Waals surface area contributed by atoms with Crippen molar-refractivity contribution in [2.24, 2.45) is 0 Å². The number of aromatic nitrogens is 1. The van der Waals surface area contributed by atoms with Gasteiger partial charge < -0.3 is 5.11 Å². The van der Waals surface area contributed by atoms with Crippen molar-refractivity contribution in [3.63, 3.8) is 0 Å². The van der Waals surface area contributed by atoms with E-state index in [9.17, 15) is 8.42 Å². The molecule has 0 aliphatic heterocycles. The van der Waals surface area contributed by atoms with Crippen molar-refractivity contribution in [3.8, 4) is 0 Å². The van der Waals surface area contributed by atoms with Crippen LogP contribution in [0.2, 0.25) is 0 Å². The summed E-state index contributed by atoms with van der Waals surface area (Å²) in [5.41, 5.74) is 0.457. The Hall–Kier alpha value is -1.44. The highest BCUT2D eigenvalue weighted by Gasteiger charge is 2.16. The second-order valence-electron chi connectivity index (χ2n) is 3.22. The number of aliphatic hydroxyl groups excluding tert-OH is 1. The first-order chi connectivity index (χ1) is 8.12. The summed E-state index contributed by atoms with van der Waals surface area (Å²) in [6.07, 6.45) is 3.01. The molecule has 90 valence electrons. The van der Waals surface area contributed by atoms with Crippen LogP contribution in [0.3, 0.4) is 0 Å². The number of nitrogens with zero attached hydrogens (tertiary/aromatic N) is 1. The summed E-state index contributed by atoms with van der Waals surface area (Å²) in [6, 6.07) is 6.20. The lowest BCUT2D eigenvalue weighted by molar-refractivity contribution is 0.285. The van der Waals surface area contributed by atoms with E-state index in [2.05, 4.69) is 9.71 Å². The van der Waals surface area contributed by atoms with Gasteiger partial charge in [0.15, 0.2) is 0 Å². The van der Waals surface area contributed by atoms with E-state index in [-0.39, 0.29) is 10.8 Å². The molecule has 0 atom stereocenters. The molecule has 2 rings (SSSR count). The van der Waals surface area contributed by atoms with E-state index in [4.69, 9.17) is 5.11 Å². The lowest BCUT2D eigenvalue weighted by atomic mass is 10.4. The largest absolute Gasteiger partial charge is 0.391 e. The Morgan fingerprint density at radius 2 is 1.94 bits per heavy atom. The zero-order chi connectivity index (χ0) is 12.3. The summed E-state index contributed by atoms with van der Waals surface area (Å²) in [4.78, 5) is 4.41. The molecule has 5 nitrogen and oxygen atoms in total. The Morgan fingerprint density at radius 3 is 2.53 bits per heavy atom. The van der Waals surface area contributed by atoms with Gasteiger partial charge in [-0.25, -0.2) is 8.42 Å². The predicted molar refractivity (Wildman–Crippen MR) is 65.3 cm³/mol. The number of hydrogen-bond acceptors (Lipinski definition) is 5. The lowest BCUT2D eigenvalue weighted by Gasteiger charge is -2.04. The van der Waals surface area contributed by atoms with Crippen LogP contribution in [0.1, 0.15) is 4.88 Å². The minimum atomic E-state index is -3.57. The molecule has 17 heavy (non-hydrogen) atoms. The second kappa shape index (κ2) is 4.82. The van der Waals surface area contributed by atoms with Gasteiger partial charge in [0.2, 0.25) is 0 Å². The average molecular weight is 270 g/mol. The van der Waals surface area contributed by atoms with Crippen LogP contribution >= 0.6 is 11.3 Å². The molecule has 2 N–H and O–H groups in total. The monoisotopic (exact) mass is 270 g/mol. The van der Waals surface area contributed by atoms with E-state index >= 15 is 0 Å². The zero-order valence-electron chi connectivity index (χ0n) is 8.70. The van der Waals surface area contributed by atoms with Gasteiger partial charge >= 0.3 is 0 Å². The third-order valence-electron chi connectivity index (χ3n) is 1.99. The summed E-state index contributed by atoms with van der Waals surface area (Å²) in [6.45, 7) is -0.157. The van der Waals surface area contributed by atoms with E-state index in [1.165, 1.54) is 18.5 Å². The molecule has 0 saturated carbocycles. The molecule has 0 fully saturated rings. The molecule has 0 amide bonds. The Bertz CT molecular complexity index is 593. The van der Waals surface area contributed by atoms with Crippen LogP contribution in [0, 0.1) is 0 Å². The number of pyridine rings is 1. The van der Waals surface area contributed by atoms with Crippen LogP contribution in [0.4, 0.5) is 5.69 Å². The topological polar surface area (TPSA) is 79.3 Å². The highest BCUT2D eigenvalue weighted by molar-refractivity contribution is 7.94. The Kier molecular flexibility index (Phi) is 3.41. The number of sulfonamides is 1. The normalized spacial score (nSPS) is 11.4. The van der Waals surface area contributed by atoms with Crippen molar-refractivity contribution in [2.45, 2.75) is 10.8 Å². The minimum Gasteiger partial charge on any atom is -0.391 e. The number of aliphatic hydroxyl groups is 1. The fraction of sp³-hybridized carbons (Fsp3) is 0.100. The molecule has 0 spiro atoms. The predicted octanol–water partition coefficient (Wildman–Crippen LogP) is 1.44. The molecule has 0 bridgehead atoms. The quantitative estimate of drug-likeness (QED) is 0.881. The maximum Gasteiger partial charge on any atom is 0.271 e. The van der Waals surface area contributed by atoms with Crippen LogP contribution in [-0.4, -0.2) is 18.5 Å². The van der Waals surface area contributed by atoms with Crippen molar-refractivity contribution in [1.29, 1.82) is 0 Å². The first-order valence-corrected chi connectivity index (χ1v) is 7.04. The van der Waals surface area contributed by atoms with Gasteiger partial charge in [0.05, 0.1) is 12.3 Å². The van der Waals surface area contributed by atoms with Crippen molar-refractivity contribution in [1.82, 2.24) is 4.98 Å². The van der Waals surface area contributed by atoms with Gasteiger partial charge in [-0.05, 0) is 24.3 Å². The Morgan fingerprint density at radius 1 is 1.24 bits per heavy atom. The van der Waals surface area contributed by atoms with Crippen LogP contribution in [-0.2, 0) is 16.6 Å². The molecular weight excluding hydrogens is 260 g/mol. The van der Waals surface area contributed by atoms with Crippen LogP contribution in [0.5, 0.6) is 0 Å². The maximum absolute atomic E-state index is 11.9. The highest BCUT2D eigenvalue weighted by atomic mass is 32.2. The summed E-state index contributed by atoms with van der Waals surface area (Å²) in [5, 5.41) is 8.89. The van der Waals surface area contributed by atoms with Crippen molar-refractivity contribution < 1.29 is 13.5 Å². The molecular formula is C10H10N2O3S2. The number of nitrogens with one attached hydrogen (secondary N) is 1. The number of rotatable bonds is 4. The smallest absolute Gasteiger partial charge is 0.271 e. The molecule has 0 aliphatic carbocycles. The van der Waals surface area contributed by atoms with Gasteiger partial charge in [0.1, 0.15) is 4.21 Å². The van der Waals surface area contributed by atoms with Gasteiger partial charge in [-0.15, -0.1) is 11.3 Å². The summed E-state index contributed by atoms with van der Waals surface area (Å²) in [5.74, 6) is 0. The van der Waals surface area contributed by atoms with E-state index in [1.807, 2.05) is 0 Å².